The monoisotopic (exact) mass is 237 g/mol. The summed E-state index contributed by atoms with van der Waals surface area (Å²) >= 11 is 3.44. The Morgan fingerprint density at radius 1 is 1.46 bits per heavy atom. The number of terminal acetylenes is 1. The van der Waals surface area contributed by atoms with Crippen LogP contribution in [-0.2, 0) is 0 Å². The molecule has 0 amide bonds. The molecule has 1 rings (SSSR count). The van der Waals surface area contributed by atoms with E-state index in [9.17, 15) is 0 Å². The van der Waals surface area contributed by atoms with Crippen LogP contribution < -0.4 is 5.32 Å². The van der Waals surface area contributed by atoms with Gasteiger partial charge in [-0.25, -0.2) is 0 Å². The van der Waals surface area contributed by atoms with E-state index in [1.165, 1.54) is 5.56 Å². The number of anilines is 1. The molecule has 1 N–H and O–H groups in total. The second-order valence-corrected chi connectivity index (χ2v) is 3.81. The van der Waals surface area contributed by atoms with Gasteiger partial charge in [-0.2, -0.15) is 0 Å². The molecule has 0 spiro atoms. The van der Waals surface area contributed by atoms with Crippen LogP contribution in [0.15, 0.2) is 22.7 Å². The minimum Gasteiger partial charge on any atom is -0.384 e. The normalized spacial score (nSPS) is 9.31. The first-order valence-electron chi connectivity index (χ1n) is 4.17. The Morgan fingerprint density at radius 3 is 2.85 bits per heavy atom. The molecule has 0 heterocycles. The molecule has 1 nitrogen and oxygen atoms in total. The summed E-state index contributed by atoms with van der Waals surface area (Å²) in [4.78, 5) is 0. The molecule has 0 saturated heterocycles. The van der Waals surface area contributed by atoms with Crippen molar-refractivity contribution in [2.24, 2.45) is 0 Å². The van der Waals surface area contributed by atoms with E-state index in [-0.39, 0.29) is 0 Å². The molecule has 0 unspecified atom stereocenters. The van der Waals surface area contributed by atoms with E-state index in [2.05, 4.69) is 46.2 Å². The van der Waals surface area contributed by atoms with Gasteiger partial charge in [-0.3, -0.25) is 0 Å². The Kier molecular flexibility index (Phi) is 3.85. The van der Waals surface area contributed by atoms with Crippen molar-refractivity contribution < 1.29 is 0 Å². The fraction of sp³-hybridized carbons (Fsp3) is 0.273. The van der Waals surface area contributed by atoms with E-state index in [0.717, 1.165) is 23.1 Å². The maximum Gasteiger partial charge on any atom is 0.0354 e. The highest BCUT2D eigenvalue weighted by Crippen LogP contribution is 2.18. The average molecular weight is 238 g/mol. The van der Waals surface area contributed by atoms with E-state index in [1.54, 1.807) is 0 Å². The lowest BCUT2D eigenvalue weighted by molar-refractivity contribution is 1.10. The van der Waals surface area contributed by atoms with Crippen molar-refractivity contribution in [3.8, 4) is 12.3 Å². The van der Waals surface area contributed by atoms with E-state index in [0.29, 0.717) is 0 Å². The maximum atomic E-state index is 5.15. The zero-order chi connectivity index (χ0) is 9.68. The minimum atomic E-state index is 0.756. The number of benzene rings is 1. The Hall–Kier alpha value is -0.940. The number of hydrogen-bond donors (Lipinski definition) is 1. The molecule has 0 aliphatic rings. The fourth-order valence-corrected chi connectivity index (χ4v) is 1.73. The van der Waals surface area contributed by atoms with E-state index < -0.39 is 0 Å². The second kappa shape index (κ2) is 4.94. The van der Waals surface area contributed by atoms with Crippen molar-refractivity contribution in [2.75, 3.05) is 11.9 Å². The molecular weight excluding hydrogens is 226 g/mol. The third-order valence-electron chi connectivity index (χ3n) is 1.64. The summed E-state index contributed by atoms with van der Waals surface area (Å²) in [5.41, 5.74) is 2.35. The molecule has 0 aliphatic carbocycles. The fourth-order valence-electron chi connectivity index (χ4n) is 1.12. The predicted octanol–water partition coefficient (Wildman–Crippen LogP) is 3.19. The van der Waals surface area contributed by atoms with Gasteiger partial charge in [0.15, 0.2) is 0 Å². The summed E-state index contributed by atoms with van der Waals surface area (Å²) in [7, 11) is 0. The maximum absolute atomic E-state index is 5.15. The van der Waals surface area contributed by atoms with E-state index >= 15 is 0 Å². The third kappa shape index (κ3) is 3.52. The lowest BCUT2D eigenvalue weighted by Crippen LogP contribution is -2.00. The lowest BCUT2D eigenvalue weighted by atomic mass is 10.2. The van der Waals surface area contributed by atoms with Crippen molar-refractivity contribution in [2.45, 2.75) is 13.3 Å². The van der Waals surface area contributed by atoms with Crippen LogP contribution in [0.4, 0.5) is 5.69 Å². The molecule has 0 aliphatic heterocycles. The summed E-state index contributed by atoms with van der Waals surface area (Å²) in [6.45, 7) is 2.89. The molecule has 0 fully saturated rings. The van der Waals surface area contributed by atoms with Crippen LogP contribution in [0.1, 0.15) is 12.0 Å². The summed E-state index contributed by atoms with van der Waals surface area (Å²) in [5, 5.41) is 3.25. The number of halogens is 1. The van der Waals surface area contributed by atoms with Crippen molar-refractivity contribution >= 4 is 21.6 Å². The minimum absolute atomic E-state index is 0.756. The van der Waals surface area contributed by atoms with E-state index in [1.807, 2.05) is 6.07 Å². The van der Waals surface area contributed by atoms with Crippen LogP contribution in [0, 0.1) is 19.3 Å². The highest BCUT2D eigenvalue weighted by atomic mass is 79.9. The number of aryl methyl sites for hydroxylation is 1. The molecule has 68 valence electrons. The molecule has 2 heteroatoms. The molecule has 13 heavy (non-hydrogen) atoms. The number of nitrogens with one attached hydrogen (secondary N) is 1. The summed E-state index contributed by atoms with van der Waals surface area (Å²) < 4.78 is 1.09. The van der Waals surface area contributed by atoms with Crippen molar-refractivity contribution in [3.05, 3.63) is 28.2 Å². The topological polar surface area (TPSA) is 12.0 Å². The highest BCUT2D eigenvalue weighted by molar-refractivity contribution is 9.10. The van der Waals surface area contributed by atoms with Crippen LogP contribution in [-0.4, -0.2) is 6.54 Å². The highest BCUT2D eigenvalue weighted by Gasteiger charge is 1.94. The first-order chi connectivity index (χ1) is 6.22. The zero-order valence-corrected chi connectivity index (χ0v) is 9.19. The molecule has 0 radical (unpaired) electrons. The van der Waals surface area contributed by atoms with Crippen LogP contribution in [0.5, 0.6) is 0 Å². The lowest BCUT2D eigenvalue weighted by Gasteiger charge is -2.05. The summed E-state index contributed by atoms with van der Waals surface area (Å²) in [6, 6.07) is 6.22. The molecule has 0 bridgehead atoms. The number of hydrogen-bond acceptors (Lipinski definition) is 1. The van der Waals surface area contributed by atoms with Crippen LogP contribution in [0.25, 0.3) is 0 Å². The standard InChI is InChI=1S/C11H12BrN/c1-3-4-5-13-11-7-9(2)6-10(12)8-11/h1,6-8,13H,4-5H2,2H3. The van der Waals surface area contributed by atoms with Crippen molar-refractivity contribution in [1.29, 1.82) is 0 Å². The molecule has 0 saturated carbocycles. The first-order valence-corrected chi connectivity index (χ1v) is 4.96. The van der Waals surface area contributed by atoms with Gasteiger partial charge in [0.25, 0.3) is 0 Å². The van der Waals surface area contributed by atoms with Gasteiger partial charge >= 0.3 is 0 Å². The molecular formula is C11H12BrN. The average Bonchev–Trinajstić information content (AvgIpc) is 2.03. The zero-order valence-electron chi connectivity index (χ0n) is 7.60. The van der Waals surface area contributed by atoms with Crippen molar-refractivity contribution in [3.63, 3.8) is 0 Å². The van der Waals surface area contributed by atoms with Gasteiger partial charge in [0.2, 0.25) is 0 Å². The Balaban J connectivity index is 2.62. The molecule has 0 atom stereocenters. The Morgan fingerprint density at radius 2 is 2.23 bits per heavy atom. The number of rotatable bonds is 3. The second-order valence-electron chi connectivity index (χ2n) is 2.90. The first kappa shape index (κ1) is 10.1. The Labute approximate surface area is 87.7 Å². The smallest absolute Gasteiger partial charge is 0.0354 e. The summed E-state index contributed by atoms with van der Waals surface area (Å²) in [5.74, 6) is 2.59. The van der Waals surface area contributed by atoms with Gasteiger partial charge < -0.3 is 5.32 Å². The Bertz CT molecular complexity index is 305. The van der Waals surface area contributed by atoms with Crippen LogP contribution >= 0.6 is 15.9 Å². The van der Waals surface area contributed by atoms with Crippen molar-refractivity contribution in [1.82, 2.24) is 0 Å². The largest absolute Gasteiger partial charge is 0.384 e. The van der Waals surface area contributed by atoms with Gasteiger partial charge in [-0.15, -0.1) is 12.3 Å². The van der Waals surface area contributed by atoms with Crippen LogP contribution in [0.3, 0.4) is 0 Å². The van der Waals surface area contributed by atoms with E-state index in [4.69, 9.17) is 6.42 Å². The van der Waals surface area contributed by atoms with Gasteiger partial charge in [0.1, 0.15) is 0 Å². The summed E-state index contributed by atoms with van der Waals surface area (Å²) in [6.07, 6.45) is 5.91. The molecule has 1 aromatic rings. The van der Waals surface area contributed by atoms with Gasteiger partial charge in [0.05, 0.1) is 0 Å². The molecule has 0 aromatic heterocycles. The van der Waals surface area contributed by atoms with Gasteiger partial charge in [-0.05, 0) is 30.7 Å². The van der Waals surface area contributed by atoms with Gasteiger partial charge in [0, 0.05) is 23.1 Å². The van der Waals surface area contributed by atoms with Gasteiger partial charge in [-0.1, -0.05) is 15.9 Å². The predicted molar refractivity (Wildman–Crippen MR) is 60.8 cm³/mol. The third-order valence-corrected chi connectivity index (χ3v) is 2.10. The SMILES string of the molecule is C#CCCNc1cc(C)cc(Br)c1. The quantitative estimate of drug-likeness (QED) is 0.629. The van der Waals surface area contributed by atoms with Crippen LogP contribution in [0.2, 0.25) is 0 Å². The molecule has 1 aromatic carbocycles.